The van der Waals surface area contributed by atoms with Crippen molar-refractivity contribution in [2.75, 3.05) is 0 Å². The normalized spacial score (nSPS) is 14.5. The van der Waals surface area contributed by atoms with Gasteiger partial charge in [-0.3, -0.25) is 0 Å². The van der Waals surface area contributed by atoms with Gasteiger partial charge in [-0.2, -0.15) is 9.49 Å². The molecule has 0 amide bonds. The fourth-order valence-corrected chi connectivity index (χ4v) is 3.18. The van der Waals surface area contributed by atoms with Gasteiger partial charge in [-0.1, -0.05) is 30.3 Å². The summed E-state index contributed by atoms with van der Waals surface area (Å²) < 4.78 is 35.7. The second kappa shape index (κ2) is 7.29. The summed E-state index contributed by atoms with van der Waals surface area (Å²) in [5.74, 6) is -0.926. The van der Waals surface area contributed by atoms with Crippen molar-refractivity contribution in [3.05, 3.63) is 89.9 Å². The lowest BCUT2D eigenvalue weighted by Gasteiger charge is -2.28. The highest BCUT2D eigenvalue weighted by atomic mass is 19.1. The van der Waals surface area contributed by atoms with Crippen LogP contribution in [0.2, 0.25) is 0 Å². The quantitative estimate of drug-likeness (QED) is 0.515. The molecule has 4 nitrogen and oxygen atoms in total. The second-order valence-electron chi connectivity index (χ2n) is 7.18. The molecular formula is C23H20F2N2O2. The first-order valence-electron chi connectivity index (χ1n) is 9.19. The molecule has 3 aromatic carbocycles. The molecule has 29 heavy (non-hydrogen) atoms. The Bertz CT molecular complexity index is 1160. The third kappa shape index (κ3) is 3.59. The molecule has 1 aromatic heterocycles. The molecule has 2 unspecified atom stereocenters. The molecule has 0 saturated heterocycles. The van der Waals surface area contributed by atoms with Crippen molar-refractivity contribution in [3.8, 4) is 11.4 Å². The molecule has 2 atom stereocenters. The first kappa shape index (κ1) is 19.1. The van der Waals surface area contributed by atoms with Crippen molar-refractivity contribution in [1.29, 1.82) is 0 Å². The Hall–Kier alpha value is -3.25. The van der Waals surface area contributed by atoms with Gasteiger partial charge < -0.3 is 9.84 Å². The molecular weight excluding hydrogens is 374 g/mol. The lowest BCUT2D eigenvalue weighted by Crippen LogP contribution is -2.37. The molecule has 0 aliphatic carbocycles. The average Bonchev–Trinajstić information content (AvgIpc) is 3.14. The lowest BCUT2D eigenvalue weighted by atomic mass is 9.95. The summed E-state index contributed by atoms with van der Waals surface area (Å²) in [6, 6.07) is 18.8. The number of benzene rings is 3. The molecule has 0 spiro atoms. The summed E-state index contributed by atoms with van der Waals surface area (Å²) in [5.41, 5.74) is 0.751. The van der Waals surface area contributed by atoms with Crippen LogP contribution in [0, 0.1) is 12.7 Å². The largest absolute Gasteiger partial charge is 0.454 e. The van der Waals surface area contributed by atoms with Gasteiger partial charge >= 0.3 is 0 Å². The Balaban J connectivity index is 1.65. The van der Waals surface area contributed by atoms with Crippen molar-refractivity contribution in [3.63, 3.8) is 0 Å². The monoisotopic (exact) mass is 394 g/mol. The van der Waals surface area contributed by atoms with E-state index in [0.717, 1.165) is 22.2 Å². The number of hydrogen-bond donors (Lipinski definition) is 1. The van der Waals surface area contributed by atoms with Crippen LogP contribution >= 0.6 is 0 Å². The number of aryl methyl sites for hydroxylation is 1. The SMILES string of the molecule is Cc1ccc(F)c(OC(F)C(C)(O)c2ccc3c(cnn3-c3ccccc3)c2)c1. The fourth-order valence-electron chi connectivity index (χ4n) is 3.18. The Morgan fingerprint density at radius 2 is 1.83 bits per heavy atom. The minimum Gasteiger partial charge on any atom is -0.454 e. The number of alkyl halides is 1. The van der Waals surface area contributed by atoms with Crippen LogP contribution in [0.4, 0.5) is 8.78 Å². The van der Waals surface area contributed by atoms with E-state index in [9.17, 15) is 13.9 Å². The van der Waals surface area contributed by atoms with Crippen LogP contribution in [0.15, 0.2) is 72.9 Å². The van der Waals surface area contributed by atoms with Crippen LogP contribution in [-0.2, 0) is 5.60 Å². The van der Waals surface area contributed by atoms with Crippen molar-refractivity contribution in [1.82, 2.24) is 9.78 Å². The number of aliphatic hydroxyl groups is 1. The number of aromatic nitrogens is 2. The Kier molecular flexibility index (Phi) is 4.80. The molecule has 1 N–H and O–H groups in total. The Morgan fingerprint density at radius 3 is 2.59 bits per heavy atom. The lowest BCUT2D eigenvalue weighted by molar-refractivity contribution is -0.120. The van der Waals surface area contributed by atoms with Gasteiger partial charge in [0.05, 0.1) is 17.4 Å². The summed E-state index contributed by atoms with van der Waals surface area (Å²) in [6.45, 7) is 3.05. The van der Waals surface area contributed by atoms with E-state index in [4.69, 9.17) is 4.74 Å². The van der Waals surface area contributed by atoms with E-state index in [1.165, 1.54) is 19.1 Å². The van der Waals surface area contributed by atoms with E-state index in [0.29, 0.717) is 5.56 Å². The summed E-state index contributed by atoms with van der Waals surface area (Å²) in [5, 5.41) is 15.9. The van der Waals surface area contributed by atoms with E-state index in [1.807, 2.05) is 30.3 Å². The number of para-hydroxylation sites is 1. The number of rotatable bonds is 5. The van der Waals surface area contributed by atoms with Crippen LogP contribution in [0.25, 0.3) is 16.6 Å². The first-order valence-corrected chi connectivity index (χ1v) is 9.19. The van der Waals surface area contributed by atoms with Gasteiger partial charge in [0.25, 0.3) is 6.36 Å². The number of nitrogens with zero attached hydrogens (tertiary/aromatic N) is 2. The van der Waals surface area contributed by atoms with Gasteiger partial charge in [-0.25, -0.2) is 9.07 Å². The van der Waals surface area contributed by atoms with Crippen LogP contribution < -0.4 is 4.74 Å². The third-order valence-electron chi connectivity index (χ3n) is 4.91. The number of fused-ring (bicyclic) bond motifs is 1. The Morgan fingerprint density at radius 1 is 1.07 bits per heavy atom. The number of ether oxygens (including phenoxy) is 1. The highest BCUT2D eigenvalue weighted by Gasteiger charge is 2.37. The number of halogens is 2. The zero-order valence-corrected chi connectivity index (χ0v) is 16.0. The highest BCUT2D eigenvalue weighted by molar-refractivity contribution is 5.81. The third-order valence-corrected chi connectivity index (χ3v) is 4.91. The van der Waals surface area contributed by atoms with Gasteiger partial charge in [-0.15, -0.1) is 0 Å². The van der Waals surface area contributed by atoms with Gasteiger partial charge in [-0.05, 0) is 61.4 Å². The van der Waals surface area contributed by atoms with Crippen LogP contribution in [0.3, 0.4) is 0 Å². The van der Waals surface area contributed by atoms with Gasteiger partial charge in [0.15, 0.2) is 17.2 Å². The van der Waals surface area contributed by atoms with E-state index in [1.54, 1.807) is 42.1 Å². The maximum absolute atomic E-state index is 14.9. The Labute approximate surface area is 167 Å². The van der Waals surface area contributed by atoms with Gasteiger partial charge in [0, 0.05) is 5.39 Å². The maximum Gasteiger partial charge on any atom is 0.270 e. The molecule has 0 aliphatic heterocycles. The van der Waals surface area contributed by atoms with E-state index in [-0.39, 0.29) is 5.75 Å². The fraction of sp³-hybridized carbons (Fsp3) is 0.174. The van der Waals surface area contributed by atoms with E-state index in [2.05, 4.69) is 5.10 Å². The molecule has 0 fully saturated rings. The summed E-state index contributed by atoms with van der Waals surface area (Å²) in [6.07, 6.45) is -0.517. The minimum absolute atomic E-state index is 0.240. The molecule has 0 radical (unpaired) electrons. The molecule has 6 heteroatoms. The van der Waals surface area contributed by atoms with Gasteiger partial charge in [0.2, 0.25) is 0 Å². The van der Waals surface area contributed by atoms with E-state index < -0.39 is 17.8 Å². The molecule has 148 valence electrons. The zero-order valence-electron chi connectivity index (χ0n) is 16.0. The van der Waals surface area contributed by atoms with Gasteiger partial charge in [0.1, 0.15) is 0 Å². The molecule has 4 rings (SSSR count). The summed E-state index contributed by atoms with van der Waals surface area (Å²) in [4.78, 5) is 0. The minimum atomic E-state index is -2.17. The zero-order chi connectivity index (χ0) is 20.6. The van der Waals surface area contributed by atoms with Crippen molar-refractivity contribution >= 4 is 10.9 Å². The molecule has 4 aromatic rings. The molecule has 0 saturated carbocycles. The predicted octanol–water partition coefficient (Wildman–Crippen LogP) is 5.06. The standard InChI is InChI=1S/C23H20F2N2O2/c1-15-8-10-19(24)21(12-15)29-22(25)23(2,28)17-9-11-20-16(13-17)14-26-27(20)18-6-4-3-5-7-18/h3-14,22,28H,1-2H3. The second-order valence-corrected chi connectivity index (χ2v) is 7.18. The smallest absolute Gasteiger partial charge is 0.270 e. The summed E-state index contributed by atoms with van der Waals surface area (Å²) >= 11 is 0. The molecule has 1 heterocycles. The van der Waals surface area contributed by atoms with Crippen molar-refractivity contribution in [2.45, 2.75) is 25.8 Å². The number of hydrogen-bond acceptors (Lipinski definition) is 3. The predicted molar refractivity (Wildman–Crippen MR) is 107 cm³/mol. The highest BCUT2D eigenvalue weighted by Crippen LogP contribution is 2.32. The average molecular weight is 394 g/mol. The van der Waals surface area contributed by atoms with E-state index >= 15 is 0 Å². The van der Waals surface area contributed by atoms with Crippen molar-refractivity contribution in [2.24, 2.45) is 0 Å². The molecule has 0 bridgehead atoms. The first-order chi connectivity index (χ1) is 13.9. The molecule has 0 aliphatic rings. The topological polar surface area (TPSA) is 47.3 Å². The van der Waals surface area contributed by atoms with Crippen molar-refractivity contribution < 1.29 is 18.6 Å². The van der Waals surface area contributed by atoms with Crippen LogP contribution in [-0.4, -0.2) is 21.2 Å². The maximum atomic E-state index is 14.9. The van der Waals surface area contributed by atoms with Crippen LogP contribution in [0.5, 0.6) is 5.75 Å². The summed E-state index contributed by atoms with van der Waals surface area (Å²) in [7, 11) is 0. The van der Waals surface area contributed by atoms with Crippen LogP contribution in [0.1, 0.15) is 18.1 Å².